The average molecular weight is 393 g/mol. The molecular weight excluding hydrogens is 364 g/mol. The topological polar surface area (TPSA) is 100 Å². The fourth-order valence-corrected chi connectivity index (χ4v) is 3.20. The van der Waals surface area contributed by atoms with Crippen molar-refractivity contribution in [3.05, 3.63) is 53.9 Å². The molecule has 1 heterocycles. The highest BCUT2D eigenvalue weighted by molar-refractivity contribution is 7.88. The molecule has 8 nitrogen and oxygen atoms in total. The largest absolute Gasteiger partial charge is 0.357 e. The van der Waals surface area contributed by atoms with E-state index in [0.29, 0.717) is 6.54 Å². The fourth-order valence-electron chi connectivity index (χ4n) is 2.43. The molecule has 148 valence electrons. The van der Waals surface area contributed by atoms with Crippen LogP contribution in [0, 0.1) is 0 Å². The number of nitrogens with zero attached hydrogens (tertiary/aromatic N) is 3. The number of hydrogen-bond donors (Lipinski definition) is 3. The number of hydrogen-bond acceptors (Lipinski definition) is 4. The first kappa shape index (κ1) is 20.9. The van der Waals surface area contributed by atoms with Crippen molar-refractivity contribution in [2.24, 2.45) is 4.99 Å². The Balaban J connectivity index is 1.84. The molecule has 0 aliphatic heterocycles. The number of rotatable bonds is 10. The highest BCUT2D eigenvalue weighted by atomic mass is 32.2. The molecule has 0 spiro atoms. The van der Waals surface area contributed by atoms with Crippen molar-refractivity contribution in [3.8, 4) is 0 Å². The second-order valence-electron chi connectivity index (χ2n) is 6.02. The summed E-state index contributed by atoms with van der Waals surface area (Å²) in [5, 5.41) is 10.7. The zero-order chi connectivity index (χ0) is 19.5. The summed E-state index contributed by atoms with van der Waals surface area (Å²) in [6.07, 6.45) is 4.67. The standard InChI is InChI=1S/C18H28N6O2S/c1-3-20-18(21-10-4-12-24-13-5-11-23-24)22-14-16-6-8-17(9-7-16)15-27(25,26)19-2/h5-9,11,13,19H,3-4,10,12,14-15H2,1-2H3,(H2,20,21,22). The third-order valence-electron chi connectivity index (χ3n) is 3.87. The molecule has 2 rings (SSSR count). The number of aliphatic imine (C=N–C) groups is 1. The zero-order valence-corrected chi connectivity index (χ0v) is 16.7. The molecule has 0 radical (unpaired) electrons. The number of guanidine groups is 1. The Labute approximate surface area is 161 Å². The van der Waals surface area contributed by atoms with E-state index in [-0.39, 0.29) is 5.75 Å². The first-order valence-electron chi connectivity index (χ1n) is 9.01. The van der Waals surface area contributed by atoms with Crippen LogP contribution < -0.4 is 15.4 Å². The maximum absolute atomic E-state index is 11.6. The Hall–Kier alpha value is -2.39. The van der Waals surface area contributed by atoms with Crippen LogP contribution >= 0.6 is 0 Å². The molecule has 0 saturated carbocycles. The zero-order valence-electron chi connectivity index (χ0n) is 15.9. The van der Waals surface area contributed by atoms with Crippen molar-refractivity contribution in [1.29, 1.82) is 0 Å². The predicted octanol–water partition coefficient (Wildman–Crippen LogP) is 1.08. The Bertz CT molecular complexity index is 801. The summed E-state index contributed by atoms with van der Waals surface area (Å²) in [6, 6.07) is 9.38. The monoisotopic (exact) mass is 392 g/mol. The van der Waals surface area contributed by atoms with Gasteiger partial charge in [0.2, 0.25) is 10.0 Å². The van der Waals surface area contributed by atoms with E-state index in [0.717, 1.165) is 43.1 Å². The number of aryl methyl sites for hydroxylation is 1. The molecule has 27 heavy (non-hydrogen) atoms. The van der Waals surface area contributed by atoms with Crippen LogP contribution in [-0.4, -0.2) is 44.3 Å². The SMILES string of the molecule is CCNC(=NCc1ccc(CS(=O)(=O)NC)cc1)NCCCn1cccn1. The van der Waals surface area contributed by atoms with Gasteiger partial charge in [-0.15, -0.1) is 0 Å². The molecule has 0 saturated heterocycles. The molecule has 0 fully saturated rings. The van der Waals surface area contributed by atoms with Crippen LogP contribution in [0.25, 0.3) is 0 Å². The van der Waals surface area contributed by atoms with Crippen LogP contribution in [0.3, 0.4) is 0 Å². The Kier molecular flexibility index (Phi) is 8.28. The van der Waals surface area contributed by atoms with Gasteiger partial charge in [0.25, 0.3) is 0 Å². The summed E-state index contributed by atoms with van der Waals surface area (Å²) in [5.74, 6) is 0.743. The molecule has 0 aliphatic carbocycles. The third-order valence-corrected chi connectivity index (χ3v) is 5.21. The number of nitrogens with one attached hydrogen (secondary N) is 3. The Morgan fingerprint density at radius 2 is 1.93 bits per heavy atom. The smallest absolute Gasteiger partial charge is 0.215 e. The van der Waals surface area contributed by atoms with E-state index in [4.69, 9.17) is 0 Å². The van der Waals surface area contributed by atoms with Crippen molar-refractivity contribution < 1.29 is 8.42 Å². The summed E-state index contributed by atoms with van der Waals surface area (Å²) in [6.45, 7) is 4.99. The van der Waals surface area contributed by atoms with Gasteiger partial charge in [-0.2, -0.15) is 5.10 Å². The molecule has 1 aromatic carbocycles. The number of benzene rings is 1. The lowest BCUT2D eigenvalue weighted by atomic mass is 10.1. The Morgan fingerprint density at radius 3 is 2.56 bits per heavy atom. The van der Waals surface area contributed by atoms with E-state index in [9.17, 15) is 8.42 Å². The van der Waals surface area contributed by atoms with Crippen LogP contribution in [0.2, 0.25) is 0 Å². The predicted molar refractivity (Wildman–Crippen MR) is 108 cm³/mol. The van der Waals surface area contributed by atoms with Gasteiger partial charge in [-0.1, -0.05) is 24.3 Å². The molecule has 1 aromatic heterocycles. The normalized spacial score (nSPS) is 12.1. The summed E-state index contributed by atoms with van der Waals surface area (Å²) in [4.78, 5) is 4.58. The second-order valence-corrected chi connectivity index (χ2v) is 7.95. The van der Waals surface area contributed by atoms with Gasteiger partial charge in [-0.05, 0) is 37.6 Å². The van der Waals surface area contributed by atoms with Gasteiger partial charge >= 0.3 is 0 Å². The van der Waals surface area contributed by atoms with Crippen LogP contribution in [0.4, 0.5) is 0 Å². The first-order chi connectivity index (χ1) is 13.0. The highest BCUT2D eigenvalue weighted by Gasteiger charge is 2.08. The third kappa shape index (κ3) is 7.79. The molecule has 0 aliphatic rings. The number of aromatic nitrogens is 2. The van der Waals surface area contributed by atoms with Crippen molar-refractivity contribution in [1.82, 2.24) is 25.1 Å². The van der Waals surface area contributed by atoms with Crippen molar-refractivity contribution in [2.45, 2.75) is 32.2 Å². The maximum Gasteiger partial charge on any atom is 0.215 e. The quantitative estimate of drug-likeness (QED) is 0.319. The van der Waals surface area contributed by atoms with Gasteiger partial charge in [0.1, 0.15) is 0 Å². The van der Waals surface area contributed by atoms with E-state index < -0.39 is 10.0 Å². The minimum Gasteiger partial charge on any atom is -0.357 e. The van der Waals surface area contributed by atoms with Gasteiger partial charge in [-0.25, -0.2) is 18.1 Å². The molecule has 0 amide bonds. The van der Waals surface area contributed by atoms with Crippen LogP contribution in [-0.2, 0) is 28.9 Å². The van der Waals surface area contributed by atoms with Crippen LogP contribution in [0.15, 0.2) is 47.7 Å². The maximum atomic E-state index is 11.6. The summed E-state index contributed by atoms with van der Waals surface area (Å²) in [7, 11) is -1.83. The van der Waals surface area contributed by atoms with E-state index in [1.54, 1.807) is 6.20 Å². The lowest BCUT2D eigenvalue weighted by Gasteiger charge is -2.11. The van der Waals surface area contributed by atoms with Gasteiger partial charge < -0.3 is 10.6 Å². The lowest BCUT2D eigenvalue weighted by Crippen LogP contribution is -2.38. The summed E-state index contributed by atoms with van der Waals surface area (Å²) < 4.78 is 27.4. The minimum atomic E-state index is -3.25. The second kappa shape index (κ2) is 10.7. The van der Waals surface area contributed by atoms with Crippen molar-refractivity contribution >= 4 is 16.0 Å². The molecule has 3 N–H and O–H groups in total. The molecule has 9 heteroatoms. The summed E-state index contributed by atoms with van der Waals surface area (Å²) >= 11 is 0. The van der Waals surface area contributed by atoms with Gasteiger partial charge in [0.05, 0.1) is 12.3 Å². The first-order valence-corrected chi connectivity index (χ1v) is 10.7. The van der Waals surface area contributed by atoms with Gasteiger partial charge in [0.15, 0.2) is 5.96 Å². The highest BCUT2D eigenvalue weighted by Crippen LogP contribution is 2.08. The molecule has 0 atom stereocenters. The van der Waals surface area contributed by atoms with E-state index in [1.165, 1.54) is 7.05 Å². The molecule has 0 unspecified atom stereocenters. The molecule has 0 bridgehead atoms. The lowest BCUT2D eigenvalue weighted by molar-refractivity contribution is 0.570. The van der Waals surface area contributed by atoms with Gasteiger partial charge in [0, 0.05) is 32.0 Å². The minimum absolute atomic E-state index is 0.0203. The number of sulfonamides is 1. The van der Waals surface area contributed by atoms with Crippen molar-refractivity contribution in [2.75, 3.05) is 20.1 Å². The average Bonchev–Trinajstić information content (AvgIpc) is 3.17. The van der Waals surface area contributed by atoms with Gasteiger partial charge in [-0.3, -0.25) is 4.68 Å². The van der Waals surface area contributed by atoms with E-state index in [2.05, 4.69) is 25.4 Å². The van der Waals surface area contributed by atoms with Crippen LogP contribution in [0.1, 0.15) is 24.5 Å². The van der Waals surface area contributed by atoms with Crippen LogP contribution in [0.5, 0.6) is 0 Å². The Morgan fingerprint density at radius 1 is 1.19 bits per heavy atom. The van der Waals surface area contributed by atoms with E-state index in [1.807, 2.05) is 48.1 Å². The molecule has 2 aromatic rings. The fraction of sp³-hybridized carbons (Fsp3) is 0.444. The molecular formula is C18H28N6O2S. The van der Waals surface area contributed by atoms with Crippen molar-refractivity contribution in [3.63, 3.8) is 0 Å². The van der Waals surface area contributed by atoms with E-state index >= 15 is 0 Å². The summed E-state index contributed by atoms with van der Waals surface area (Å²) in [5.41, 5.74) is 1.77.